The summed E-state index contributed by atoms with van der Waals surface area (Å²) in [5, 5.41) is 3.99. The van der Waals surface area contributed by atoms with Gasteiger partial charge in [-0.1, -0.05) is 16.8 Å². The fourth-order valence-corrected chi connectivity index (χ4v) is 2.15. The number of hydrogen-bond acceptors (Lipinski definition) is 6. The molecule has 0 unspecified atom stereocenters. The van der Waals surface area contributed by atoms with Gasteiger partial charge in [0, 0.05) is 18.0 Å². The van der Waals surface area contributed by atoms with Crippen LogP contribution in [0.2, 0.25) is 0 Å². The maximum atomic E-state index is 5.94. The third-order valence-corrected chi connectivity index (χ3v) is 3.12. The molecule has 1 aromatic carbocycles. The van der Waals surface area contributed by atoms with Gasteiger partial charge >= 0.3 is 0 Å². The van der Waals surface area contributed by atoms with Crippen LogP contribution in [0.25, 0.3) is 22.6 Å². The molecule has 0 amide bonds. The second-order valence-corrected chi connectivity index (χ2v) is 4.55. The Balaban J connectivity index is 2.24. The molecule has 2 N–H and O–H groups in total. The van der Waals surface area contributed by atoms with Crippen LogP contribution >= 0.6 is 0 Å². The molecule has 2 heterocycles. The summed E-state index contributed by atoms with van der Waals surface area (Å²) in [6.45, 7) is 1.99. The number of benzene rings is 1. The summed E-state index contributed by atoms with van der Waals surface area (Å²) in [6, 6.07) is 7.55. The number of rotatable bonds is 3. The lowest BCUT2D eigenvalue weighted by Gasteiger charge is -2.09. The Hall–Kier alpha value is -2.89. The van der Waals surface area contributed by atoms with Gasteiger partial charge in [-0.25, -0.2) is 9.97 Å². The van der Waals surface area contributed by atoms with Crippen LogP contribution in [0.5, 0.6) is 5.75 Å². The van der Waals surface area contributed by atoms with Crippen LogP contribution in [0.3, 0.4) is 0 Å². The quantitative estimate of drug-likeness (QED) is 0.794. The molecule has 21 heavy (non-hydrogen) atoms. The highest BCUT2D eigenvalue weighted by atomic mass is 16.5. The van der Waals surface area contributed by atoms with Crippen LogP contribution in [0.4, 0.5) is 5.88 Å². The minimum Gasteiger partial charge on any atom is -0.496 e. The van der Waals surface area contributed by atoms with Crippen LogP contribution in [-0.4, -0.2) is 22.2 Å². The summed E-state index contributed by atoms with van der Waals surface area (Å²) in [4.78, 5) is 8.39. The SMILES string of the molecule is COc1ccc(C)cc1-c1c(-c2ncccn2)noc1N. The summed E-state index contributed by atoms with van der Waals surface area (Å²) in [5.74, 6) is 1.35. The minimum absolute atomic E-state index is 0.210. The number of nitrogens with two attached hydrogens (primary N) is 1. The van der Waals surface area contributed by atoms with E-state index in [1.165, 1.54) is 0 Å². The van der Waals surface area contributed by atoms with E-state index in [4.69, 9.17) is 15.0 Å². The van der Waals surface area contributed by atoms with Gasteiger partial charge in [0.05, 0.1) is 12.7 Å². The maximum absolute atomic E-state index is 5.94. The molecule has 0 aliphatic carbocycles. The molecule has 3 aromatic rings. The molecular weight excluding hydrogens is 268 g/mol. The average Bonchev–Trinajstić information content (AvgIpc) is 2.89. The lowest BCUT2D eigenvalue weighted by atomic mass is 10.0. The van der Waals surface area contributed by atoms with Crippen molar-refractivity contribution in [1.82, 2.24) is 15.1 Å². The summed E-state index contributed by atoms with van der Waals surface area (Å²) >= 11 is 0. The van der Waals surface area contributed by atoms with E-state index in [-0.39, 0.29) is 5.88 Å². The zero-order valence-corrected chi connectivity index (χ0v) is 11.7. The van der Waals surface area contributed by atoms with Gasteiger partial charge in [-0.15, -0.1) is 0 Å². The van der Waals surface area contributed by atoms with Gasteiger partial charge in [0.1, 0.15) is 5.75 Å². The monoisotopic (exact) mass is 282 g/mol. The maximum Gasteiger partial charge on any atom is 0.230 e. The highest BCUT2D eigenvalue weighted by molar-refractivity contribution is 5.88. The molecule has 106 valence electrons. The van der Waals surface area contributed by atoms with Gasteiger partial charge in [-0.05, 0) is 25.1 Å². The first-order valence-corrected chi connectivity index (χ1v) is 6.38. The summed E-state index contributed by atoms with van der Waals surface area (Å²) in [7, 11) is 1.61. The fourth-order valence-electron chi connectivity index (χ4n) is 2.15. The van der Waals surface area contributed by atoms with Crippen LogP contribution in [0.15, 0.2) is 41.2 Å². The predicted molar refractivity (Wildman–Crippen MR) is 78.7 cm³/mol. The number of hydrogen-bond donors (Lipinski definition) is 1. The van der Waals surface area contributed by atoms with Crippen LogP contribution in [0, 0.1) is 6.92 Å². The lowest BCUT2D eigenvalue weighted by Crippen LogP contribution is -1.94. The second kappa shape index (κ2) is 5.24. The van der Waals surface area contributed by atoms with E-state index in [1.807, 2.05) is 25.1 Å². The molecule has 2 aromatic heterocycles. The van der Waals surface area contributed by atoms with E-state index < -0.39 is 0 Å². The number of nitrogens with zero attached hydrogens (tertiary/aromatic N) is 3. The van der Waals surface area contributed by atoms with Crippen molar-refractivity contribution in [2.45, 2.75) is 6.92 Å². The van der Waals surface area contributed by atoms with E-state index in [1.54, 1.807) is 25.6 Å². The van der Waals surface area contributed by atoms with E-state index >= 15 is 0 Å². The van der Waals surface area contributed by atoms with Gasteiger partial charge in [0.25, 0.3) is 0 Å². The first-order chi connectivity index (χ1) is 10.2. The third kappa shape index (κ3) is 2.31. The molecule has 6 heteroatoms. The van der Waals surface area contributed by atoms with E-state index in [0.29, 0.717) is 22.8 Å². The summed E-state index contributed by atoms with van der Waals surface area (Å²) < 4.78 is 10.5. The number of ether oxygens (including phenoxy) is 1. The summed E-state index contributed by atoms with van der Waals surface area (Å²) in [6.07, 6.45) is 3.29. The van der Waals surface area contributed by atoms with E-state index in [2.05, 4.69) is 15.1 Å². The highest BCUT2D eigenvalue weighted by Crippen LogP contribution is 2.40. The minimum atomic E-state index is 0.210. The summed E-state index contributed by atoms with van der Waals surface area (Å²) in [5.41, 5.74) is 8.96. The number of anilines is 1. The van der Waals surface area contributed by atoms with Crippen molar-refractivity contribution in [2.75, 3.05) is 12.8 Å². The highest BCUT2D eigenvalue weighted by Gasteiger charge is 2.22. The largest absolute Gasteiger partial charge is 0.496 e. The van der Waals surface area contributed by atoms with Crippen LogP contribution in [0.1, 0.15) is 5.56 Å². The average molecular weight is 282 g/mol. The van der Waals surface area contributed by atoms with Gasteiger partial charge in [-0.2, -0.15) is 0 Å². The fraction of sp³-hybridized carbons (Fsp3) is 0.133. The first-order valence-electron chi connectivity index (χ1n) is 6.38. The number of aromatic nitrogens is 3. The van der Waals surface area contributed by atoms with Crippen LogP contribution in [-0.2, 0) is 0 Å². The Morgan fingerprint density at radius 3 is 2.67 bits per heavy atom. The molecule has 0 fully saturated rings. The van der Waals surface area contributed by atoms with Crippen molar-refractivity contribution >= 4 is 5.88 Å². The molecule has 0 aliphatic rings. The van der Waals surface area contributed by atoms with E-state index in [9.17, 15) is 0 Å². The molecule has 0 atom stereocenters. The molecule has 0 spiro atoms. The molecule has 0 saturated heterocycles. The molecule has 6 nitrogen and oxygen atoms in total. The Morgan fingerprint density at radius 1 is 1.19 bits per heavy atom. The smallest absolute Gasteiger partial charge is 0.230 e. The van der Waals surface area contributed by atoms with Gasteiger partial charge in [0.2, 0.25) is 5.88 Å². The van der Waals surface area contributed by atoms with Crippen molar-refractivity contribution in [2.24, 2.45) is 0 Å². The van der Waals surface area contributed by atoms with Gasteiger partial charge in [0.15, 0.2) is 11.5 Å². The number of nitrogen functional groups attached to an aromatic ring is 1. The first kappa shape index (κ1) is 13.1. The molecule has 3 rings (SSSR count). The second-order valence-electron chi connectivity index (χ2n) is 4.55. The Bertz CT molecular complexity index is 769. The molecule has 0 radical (unpaired) electrons. The van der Waals surface area contributed by atoms with Crippen molar-refractivity contribution in [1.29, 1.82) is 0 Å². The van der Waals surface area contributed by atoms with Crippen molar-refractivity contribution in [3.63, 3.8) is 0 Å². The lowest BCUT2D eigenvalue weighted by molar-refractivity contribution is 0.416. The molecular formula is C15H14N4O2. The zero-order valence-electron chi connectivity index (χ0n) is 11.7. The topological polar surface area (TPSA) is 87.1 Å². The third-order valence-electron chi connectivity index (χ3n) is 3.12. The Kier molecular flexibility index (Phi) is 3.27. The van der Waals surface area contributed by atoms with Crippen molar-refractivity contribution < 1.29 is 9.26 Å². The molecule has 0 saturated carbocycles. The Morgan fingerprint density at radius 2 is 1.95 bits per heavy atom. The standard InChI is InChI=1S/C15H14N4O2/c1-9-4-5-11(20-2)10(8-9)12-13(19-21-14(12)16)15-17-6-3-7-18-15/h3-8H,16H2,1-2H3. The van der Waals surface area contributed by atoms with Gasteiger partial charge in [-0.3, -0.25) is 0 Å². The number of methoxy groups -OCH3 is 1. The van der Waals surface area contributed by atoms with Crippen molar-refractivity contribution in [3.05, 3.63) is 42.2 Å². The number of aryl methyl sites for hydroxylation is 1. The normalized spacial score (nSPS) is 10.6. The predicted octanol–water partition coefficient (Wildman–Crippen LogP) is 2.70. The van der Waals surface area contributed by atoms with Gasteiger partial charge < -0.3 is 15.0 Å². The van der Waals surface area contributed by atoms with Crippen LogP contribution < -0.4 is 10.5 Å². The van der Waals surface area contributed by atoms with Crippen molar-refractivity contribution in [3.8, 4) is 28.4 Å². The molecule has 0 bridgehead atoms. The molecule has 0 aliphatic heterocycles. The zero-order chi connectivity index (χ0) is 14.8. The Labute approximate surface area is 121 Å². The van der Waals surface area contributed by atoms with E-state index in [0.717, 1.165) is 11.1 Å².